The van der Waals surface area contributed by atoms with Crippen LogP contribution in [0.3, 0.4) is 0 Å². The van der Waals surface area contributed by atoms with E-state index in [4.69, 9.17) is 9.47 Å². The fourth-order valence-corrected chi connectivity index (χ4v) is 2.97. The standard InChI is InChI=1S/C19H16BrF2N3O3/c1-11-5-16(28-10-13-3-4-14(21)6-15(13)22)17(20)18(26)25(11)9-12-7-23-19(27-2)24-8-12/h3-8H,9-10H2,1-2H3. The topological polar surface area (TPSA) is 66.2 Å². The van der Waals surface area contributed by atoms with Crippen LogP contribution in [0.2, 0.25) is 0 Å². The first-order valence-corrected chi connectivity index (χ1v) is 9.00. The van der Waals surface area contributed by atoms with Crippen LogP contribution in [-0.4, -0.2) is 21.6 Å². The first kappa shape index (κ1) is 19.9. The molecule has 0 amide bonds. The van der Waals surface area contributed by atoms with Crippen molar-refractivity contribution in [1.29, 1.82) is 0 Å². The zero-order chi connectivity index (χ0) is 20.3. The number of rotatable bonds is 6. The van der Waals surface area contributed by atoms with Gasteiger partial charge in [-0.2, -0.15) is 0 Å². The van der Waals surface area contributed by atoms with Gasteiger partial charge in [0.15, 0.2) is 0 Å². The molecule has 0 N–H and O–H groups in total. The SMILES string of the molecule is COc1ncc(Cn2c(C)cc(OCc3ccc(F)cc3F)c(Br)c2=O)cn1. The number of aryl methyl sites for hydroxylation is 1. The summed E-state index contributed by atoms with van der Waals surface area (Å²) < 4.78 is 39.0. The highest BCUT2D eigenvalue weighted by molar-refractivity contribution is 9.10. The summed E-state index contributed by atoms with van der Waals surface area (Å²) in [7, 11) is 1.47. The quantitative estimate of drug-likeness (QED) is 0.572. The van der Waals surface area contributed by atoms with Crippen molar-refractivity contribution in [3.05, 3.63) is 79.9 Å². The van der Waals surface area contributed by atoms with Crippen LogP contribution in [0.1, 0.15) is 16.8 Å². The van der Waals surface area contributed by atoms with Crippen molar-refractivity contribution in [2.45, 2.75) is 20.1 Å². The molecule has 1 aromatic carbocycles. The van der Waals surface area contributed by atoms with Gasteiger partial charge in [0.05, 0.1) is 13.7 Å². The first-order chi connectivity index (χ1) is 13.4. The van der Waals surface area contributed by atoms with E-state index < -0.39 is 11.6 Å². The molecule has 9 heteroatoms. The molecule has 0 unspecified atom stereocenters. The van der Waals surface area contributed by atoms with Crippen molar-refractivity contribution in [1.82, 2.24) is 14.5 Å². The molecule has 0 atom stereocenters. The third-order valence-corrected chi connectivity index (χ3v) is 4.75. The van der Waals surface area contributed by atoms with Crippen molar-refractivity contribution in [2.75, 3.05) is 7.11 Å². The van der Waals surface area contributed by atoms with Gasteiger partial charge in [0.25, 0.3) is 5.56 Å². The molecule has 3 rings (SSSR count). The Balaban J connectivity index is 1.82. The number of hydrogen-bond acceptors (Lipinski definition) is 5. The maximum Gasteiger partial charge on any atom is 0.316 e. The third-order valence-electron chi connectivity index (χ3n) is 4.02. The minimum absolute atomic E-state index is 0.139. The maximum absolute atomic E-state index is 13.8. The second kappa shape index (κ2) is 8.47. The summed E-state index contributed by atoms with van der Waals surface area (Å²) in [6.07, 6.45) is 3.15. The van der Waals surface area contributed by atoms with Crippen LogP contribution in [0.5, 0.6) is 11.8 Å². The number of aromatic nitrogens is 3. The first-order valence-electron chi connectivity index (χ1n) is 8.20. The summed E-state index contributed by atoms with van der Waals surface area (Å²) in [4.78, 5) is 20.8. The van der Waals surface area contributed by atoms with Crippen LogP contribution in [0.25, 0.3) is 0 Å². The van der Waals surface area contributed by atoms with Crippen molar-refractivity contribution in [3.63, 3.8) is 0 Å². The molecule has 0 saturated carbocycles. The number of pyridine rings is 1. The van der Waals surface area contributed by atoms with Crippen molar-refractivity contribution >= 4 is 15.9 Å². The molecule has 0 bridgehead atoms. The van der Waals surface area contributed by atoms with Gasteiger partial charge in [0.1, 0.15) is 28.5 Å². The van der Waals surface area contributed by atoms with Gasteiger partial charge in [0, 0.05) is 41.3 Å². The van der Waals surface area contributed by atoms with Gasteiger partial charge in [-0.1, -0.05) is 0 Å². The number of benzene rings is 1. The molecule has 3 aromatic rings. The van der Waals surface area contributed by atoms with Crippen LogP contribution in [0.15, 0.2) is 45.9 Å². The van der Waals surface area contributed by atoms with E-state index in [0.717, 1.165) is 17.7 Å². The molecule has 0 saturated heterocycles. The predicted octanol–water partition coefficient (Wildman–Crippen LogP) is 3.62. The Bertz CT molecular complexity index is 1060. The largest absolute Gasteiger partial charge is 0.487 e. The van der Waals surface area contributed by atoms with Gasteiger partial charge >= 0.3 is 6.01 Å². The summed E-state index contributed by atoms with van der Waals surface area (Å²) in [6.45, 7) is 1.88. The minimum Gasteiger partial charge on any atom is -0.487 e. The molecule has 0 fully saturated rings. The monoisotopic (exact) mass is 451 g/mol. The fraction of sp³-hybridized carbons (Fsp3) is 0.211. The zero-order valence-electron chi connectivity index (χ0n) is 15.1. The highest BCUT2D eigenvalue weighted by Crippen LogP contribution is 2.24. The number of methoxy groups -OCH3 is 1. The van der Waals surface area contributed by atoms with Crippen molar-refractivity contribution in [2.24, 2.45) is 0 Å². The molecule has 0 radical (unpaired) electrons. The summed E-state index contributed by atoms with van der Waals surface area (Å²) >= 11 is 3.24. The Morgan fingerprint density at radius 3 is 2.54 bits per heavy atom. The van der Waals surface area contributed by atoms with Crippen molar-refractivity contribution in [3.8, 4) is 11.8 Å². The van der Waals surface area contributed by atoms with E-state index in [1.54, 1.807) is 25.4 Å². The normalized spacial score (nSPS) is 10.8. The zero-order valence-corrected chi connectivity index (χ0v) is 16.7. The van der Waals surface area contributed by atoms with Gasteiger partial charge in [0.2, 0.25) is 0 Å². The van der Waals surface area contributed by atoms with E-state index in [1.165, 1.54) is 17.7 Å². The molecule has 0 aliphatic heterocycles. The molecule has 28 heavy (non-hydrogen) atoms. The van der Waals surface area contributed by atoms with E-state index in [-0.39, 0.29) is 40.5 Å². The van der Waals surface area contributed by atoms with Crippen LogP contribution in [-0.2, 0) is 13.2 Å². The van der Waals surface area contributed by atoms with Crippen LogP contribution in [0.4, 0.5) is 8.78 Å². The Kier molecular flexibility index (Phi) is 6.03. The lowest BCUT2D eigenvalue weighted by Crippen LogP contribution is -2.24. The summed E-state index contributed by atoms with van der Waals surface area (Å²) in [6, 6.07) is 5.14. The molecule has 146 valence electrons. The molecule has 2 aromatic heterocycles. The van der Waals surface area contributed by atoms with Gasteiger partial charge < -0.3 is 14.0 Å². The second-order valence-corrected chi connectivity index (χ2v) is 6.75. The molecule has 6 nitrogen and oxygen atoms in total. The van der Waals surface area contributed by atoms with E-state index in [1.807, 2.05) is 0 Å². The van der Waals surface area contributed by atoms with Gasteiger partial charge in [-0.3, -0.25) is 4.79 Å². The Morgan fingerprint density at radius 2 is 1.89 bits per heavy atom. The van der Waals surface area contributed by atoms with Gasteiger partial charge in [-0.15, -0.1) is 0 Å². The summed E-state index contributed by atoms with van der Waals surface area (Å²) in [5, 5.41) is 0. The smallest absolute Gasteiger partial charge is 0.316 e. The molecule has 0 spiro atoms. The number of nitrogens with zero attached hydrogens (tertiary/aromatic N) is 3. The van der Waals surface area contributed by atoms with E-state index in [2.05, 4.69) is 25.9 Å². The Morgan fingerprint density at radius 1 is 1.18 bits per heavy atom. The summed E-state index contributed by atoms with van der Waals surface area (Å²) in [5.41, 5.74) is 1.23. The molecule has 2 heterocycles. The number of ether oxygens (including phenoxy) is 2. The van der Waals surface area contributed by atoms with Crippen LogP contribution in [0, 0.1) is 18.6 Å². The van der Waals surface area contributed by atoms with Crippen LogP contribution < -0.4 is 15.0 Å². The highest BCUT2D eigenvalue weighted by Gasteiger charge is 2.14. The lowest BCUT2D eigenvalue weighted by Gasteiger charge is -2.14. The third kappa shape index (κ3) is 4.36. The second-order valence-electron chi connectivity index (χ2n) is 5.96. The van der Waals surface area contributed by atoms with Crippen LogP contribution >= 0.6 is 15.9 Å². The lowest BCUT2D eigenvalue weighted by atomic mass is 10.2. The van der Waals surface area contributed by atoms with Gasteiger partial charge in [-0.25, -0.2) is 18.7 Å². The molecule has 0 aliphatic rings. The lowest BCUT2D eigenvalue weighted by molar-refractivity contribution is 0.295. The fourth-order valence-electron chi connectivity index (χ4n) is 2.52. The number of halogens is 3. The van der Waals surface area contributed by atoms with Crippen molar-refractivity contribution < 1.29 is 18.3 Å². The van der Waals surface area contributed by atoms with Gasteiger partial charge in [-0.05, 0) is 35.0 Å². The molecular weight excluding hydrogens is 436 g/mol. The average molecular weight is 452 g/mol. The molecular formula is C19H16BrF2N3O3. The summed E-state index contributed by atoms with van der Waals surface area (Å²) in [5.74, 6) is -1.10. The van der Waals surface area contributed by atoms with E-state index in [0.29, 0.717) is 5.69 Å². The highest BCUT2D eigenvalue weighted by atomic mass is 79.9. The van der Waals surface area contributed by atoms with E-state index in [9.17, 15) is 13.6 Å². The number of hydrogen-bond donors (Lipinski definition) is 0. The Hall–Kier alpha value is -2.81. The maximum atomic E-state index is 13.8. The van der Waals surface area contributed by atoms with E-state index >= 15 is 0 Å². The predicted molar refractivity (Wildman–Crippen MR) is 102 cm³/mol. The Labute approximate surface area is 167 Å². The minimum atomic E-state index is -0.708. The average Bonchev–Trinajstić information content (AvgIpc) is 2.68. The molecule has 0 aliphatic carbocycles.